The summed E-state index contributed by atoms with van der Waals surface area (Å²) in [5.74, 6) is 0.911. The van der Waals surface area contributed by atoms with Gasteiger partial charge in [0.2, 0.25) is 0 Å². The predicted molar refractivity (Wildman–Crippen MR) is 74.4 cm³/mol. The van der Waals surface area contributed by atoms with Crippen molar-refractivity contribution in [1.82, 2.24) is 15.2 Å². The molecule has 1 unspecified atom stereocenters. The largest absolute Gasteiger partial charge is 0.497 e. The summed E-state index contributed by atoms with van der Waals surface area (Å²) in [4.78, 5) is 2.43. The Morgan fingerprint density at radius 2 is 2.30 bits per heavy atom. The highest BCUT2D eigenvalue weighted by Gasteiger charge is 2.27. The first-order chi connectivity index (χ1) is 9.78. The Morgan fingerprint density at radius 3 is 3.05 bits per heavy atom. The molecule has 1 fully saturated rings. The number of rotatable bonds is 4. The Bertz CT molecular complexity index is 582. The van der Waals surface area contributed by atoms with Crippen LogP contribution in [0, 0.1) is 6.92 Å². The standard InChI is InChI=1S/C15H19N3O2/c1-11-14(17-20-16-11)10-18-8-4-7-15(18)12-5-3-6-13(9-12)19-2/h3,5-6,9,15H,4,7-8,10H2,1-2H3. The summed E-state index contributed by atoms with van der Waals surface area (Å²) in [6.07, 6.45) is 2.36. The molecule has 1 aromatic carbocycles. The molecule has 0 aliphatic carbocycles. The van der Waals surface area contributed by atoms with E-state index in [0.29, 0.717) is 6.04 Å². The van der Waals surface area contributed by atoms with Crippen LogP contribution in [-0.2, 0) is 6.54 Å². The molecule has 106 valence electrons. The van der Waals surface area contributed by atoms with E-state index >= 15 is 0 Å². The minimum Gasteiger partial charge on any atom is -0.497 e. The van der Waals surface area contributed by atoms with Crippen molar-refractivity contribution in [2.75, 3.05) is 13.7 Å². The molecule has 2 aromatic rings. The number of nitrogens with zero attached hydrogens (tertiary/aromatic N) is 3. The maximum atomic E-state index is 5.32. The zero-order valence-corrected chi connectivity index (χ0v) is 11.9. The molecule has 0 spiro atoms. The number of benzene rings is 1. The number of aryl methyl sites for hydroxylation is 1. The Kier molecular flexibility index (Phi) is 3.69. The number of methoxy groups -OCH3 is 1. The van der Waals surface area contributed by atoms with Gasteiger partial charge >= 0.3 is 0 Å². The summed E-state index contributed by atoms with van der Waals surface area (Å²) in [7, 11) is 1.70. The summed E-state index contributed by atoms with van der Waals surface area (Å²) >= 11 is 0. The second-order valence-corrected chi connectivity index (χ2v) is 5.20. The van der Waals surface area contributed by atoms with E-state index in [2.05, 4.69) is 27.3 Å². The van der Waals surface area contributed by atoms with Gasteiger partial charge in [0.25, 0.3) is 0 Å². The number of hydrogen-bond acceptors (Lipinski definition) is 5. The van der Waals surface area contributed by atoms with Gasteiger partial charge in [0.1, 0.15) is 17.1 Å². The lowest BCUT2D eigenvalue weighted by Gasteiger charge is -2.24. The Hall–Kier alpha value is -1.88. The van der Waals surface area contributed by atoms with Crippen molar-refractivity contribution in [3.8, 4) is 5.75 Å². The lowest BCUT2D eigenvalue weighted by molar-refractivity contribution is 0.235. The number of hydrogen-bond donors (Lipinski definition) is 0. The molecule has 1 saturated heterocycles. The van der Waals surface area contributed by atoms with Crippen LogP contribution >= 0.6 is 0 Å². The highest BCUT2D eigenvalue weighted by Crippen LogP contribution is 2.34. The van der Waals surface area contributed by atoms with Crippen LogP contribution < -0.4 is 4.74 Å². The van der Waals surface area contributed by atoms with E-state index < -0.39 is 0 Å². The van der Waals surface area contributed by atoms with Crippen molar-refractivity contribution >= 4 is 0 Å². The molecule has 1 atom stereocenters. The minimum absolute atomic E-state index is 0.418. The molecule has 0 N–H and O–H groups in total. The van der Waals surface area contributed by atoms with Gasteiger partial charge in [-0.25, -0.2) is 4.63 Å². The van der Waals surface area contributed by atoms with E-state index in [-0.39, 0.29) is 0 Å². The van der Waals surface area contributed by atoms with Gasteiger partial charge in [-0.15, -0.1) is 0 Å². The molecule has 3 rings (SSSR count). The van der Waals surface area contributed by atoms with Crippen LogP contribution in [0.1, 0.15) is 35.8 Å². The highest BCUT2D eigenvalue weighted by atomic mass is 16.6. The second-order valence-electron chi connectivity index (χ2n) is 5.20. The zero-order valence-electron chi connectivity index (χ0n) is 11.9. The fraction of sp³-hybridized carbons (Fsp3) is 0.467. The fourth-order valence-electron chi connectivity index (χ4n) is 2.83. The van der Waals surface area contributed by atoms with Gasteiger partial charge in [0.05, 0.1) is 7.11 Å². The minimum atomic E-state index is 0.418. The molecule has 5 nitrogen and oxygen atoms in total. The first kappa shape index (κ1) is 13.1. The van der Waals surface area contributed by atoms with Crippen LogP contribution in [-0.4, -0.2) is 28.9 Å². The SMILES string of the molecule is COc1cccc(C2CCCN2Cc2nonc2C)c1. The maximum Gasteiger partial charge on any atom is 0.122 e. The van der Waals surface area contributed by atoms with Crippen molar-refractivity contribution in [3.63, 3.8) is 0 Å². The summed E-state index contributed by atoms with van der Waals surface area (Å²) in [5, 5.41) is 7.84. The molecular formula is C15H19N3O2. The van der Waals surface area contributed by atoms with E-state index in [0.717, 1.165) is 36.6 Å². The molecule has 1 aliphatic rings. The third-order valence-corrected chi connectivity index (χ3v) is 3.94. The molecule has 1 aromatic heterocycles. The van der Waals surface area contributed by atoms with Gasteiger partial charge in [-0.3, -0.25) is 4.90 Å². The van der Waals surface area contributed by atoms with Crippen LogP contribution in [0.2, 0.25) is 0 Å². The van der Waals surface area contributed by atoms with Crippen molar-refractivity contribution in [2.24, 2.45) is 0 Å². The van der Waals surface area contributed by atoms with Gasteiger partial charge in [0, 0.05) is 12.6 Å². The summed E-state index contributed by atoms with van der Waals surface area (Å²) in [6.45, 7) is 3.80. The van der Waals surface area contributed by atoms with Crippen LogP contribution in [0.3, 0.4) is 0 Å². The third-order valence-electron chi connectivity index (χ3n) is 3.94. The molecule has 2 heterocycles. The van der Waals surface area contributed by atoms with Gasteiger partial charge in [-0.05, 0) is 44.0 Å². The first-order valence-electron chi connectivity index (χ1n) is 6.94. The predicted octanol–water partition coefficient (Wildman–Crippen LogP) is 2.72. The smallest absolute Gasteiger partial charge is 0.122 e. The Labute approximate surface area is 118 Å². The number of likely N-dealkylation sites (tertiary alicyclic amines) is 1. The molecule has 1 aliphatic heterocycles. The number of aromatic nitrogens is 2. The monoisotopic (exact) mass is 273 g/mol. The molecule has 0 bridgehead atoms. The summed E-state index contributed by atoms with van der Waals surface area (Å²) in [6, 6.07) is 8.74. The van der Waals surface area contributed by atoms with Crippen LogP contribution in [0.4, 0.5) is 0 Å². The average Bonchev–Trinajstić information content (AvgIpc) is 3.09. The van der Waals surface area contributed by atoms with Crippen LogP contribution in [0.15, 0.2) is 28.9 Å². The van der Waals surface area contributed by atoms with Crippen LogP contribution in [0.25, 0.3) is 0 Å². The van der Waals surface area contributed by atoms with E-state index in [9.17, 15) is 0 Å². The molecule has 0 amide bonds. The maximum absolute atomic E-state index is 5.32. The highest BCUT2D eigenvalue weighted by molar-refractivity contribution is 5.31. The van der Waals surface area contributed by atoms with Crippen LogP contribution in [0.5, 0.6) is 5.75 Å². The molecule has 0 radical (unpaired) electrons. The molecule has 5 heteroatoms. The van der Waals surface area contributed by atoms with Gasteiger partial charge in [-0.2, -0.15) is 0 Å². The third kappa shape index (κ3) is 2.54. The van der Waals surface area contributed by atoms with Gasteiger partial charge in [0.15, 0.2) is 0 Å². The number of ether oxygens (including phenoxy) is 1. The zero-order chi connectivity index (χ0) is 13.9. The molecule has 0 saturated carbocycles. The van der Waals surface area contributed by atoms with Gasteiger partial charge < -0.3 is 4.74 Å². The lowest BCUT2D eigenvalue weighted by Crippen LogP contribution is -2.23. The summed E-state index contributed by atoms with van der Waals surface area (Å²) in [5.41, 5.74) is 3.11. The fourth-order valence-corrected chi connectivity index (χ4v) is 2.83. The van der Waals surface area contributed by atoms with Crippen molar-refractivity contribution < 1.29 is 9.37 Å². The average molecular weight is 273 g/mol. The van der Waals surface area contributed by atoms with E-state index in [4.69, 9.17) is 9.37 Å². The van der Waals surface area contributed by atoms with Crippen molar-refractivity contribution in [2.45, 2.75) is 32.4 Å². The van der Waals surface area contributed by atoms with Crippen molar-refractivity contribution in [3.05, 3.63) is 41.2 Å². The normalized spacial score (nSPS) is 19.4. The summed E-state index contributed by atoms with van der Waals surface area (Å²) < 4.78 is 10.1. The molecule has 20 heavy (non-hydrogen) atoms. The first-order valence-corrected chi connectivity index (χ1v) is 6.94. The van der Waals surface area contributed by atoms with E-state index in [1.54, 1.807) is 7.11 Å². The topological polar surface area (TPSA) is 51.4 Å². The van der Waals surface area contributed by atoms with Gasteiger partial charge in [-0.1, -0.05) is 22.4 Å². The molecular weight excluding hydrogens is 254 g/mol. The Morgan fingerprint density at radius 1 is 1.40 bits per heavy atom. The van der Waals surface area contributed by atoms with Crippen molar-refractivity contribution in [1.29, 1.82) is 0 Å². The van der Waals surface area contributed by atoms with E-state index in [1.165, 1.54) is 12.0 Å². The lowest BCUT2D eigenvalue weighted by atomic mass is 10.0. The second kappa shape index (κ2) is 5.63. The Balaban J connectivity index is 1.79. The van der Waals surface area contributed by atoms with E-state index in [1.807, 2.05) is 19.1 Å². The quantitative estimate of drug-likeness (QED) is 0.857.